The molecule has 0 bridgehead atoms. The van der Waals surface area contributed by atoms with Gasteiger partial charge in [-0.2, -0.15) is 0 Å². The molecule has 0 radical (unpaired) electrons. The molecule has 0 aliphatic carbocycles. The van der Waals surface area contributed by atoms with Crippen molar-refractivity contribution in [1.82, 2.24) is 10.3 Å². The number of hydrogen-bond acceptors (Lipinski definition) is 3. The molecule has 0 fully saturated rings. The van der Waals surface area contributed by atoms with Gasteiger partial charge in [-0.25, -0.2) is 0 Å². The molecule has 1 aromatic heterocycles. The molecule has 0 unspecified atom stereocenters. The van der Waals surface area contributed by atoms with E-state index < -0.39 is 0 Å². The van der Waals surface area contributed by atoms with Crippen LogP contribution in [0.5, 0.6) is 5.75 Å². The van der Waals surface area contributed by atoms with E-state index in [1.54, 1.807) is 6.07 Å². The Morgan fingerprint density at radius 2 is 1.88 bits per heavy atom. The molecule has 0 atom stereocenters. The maximum atomic E-state index is 12.1. The van der Waals surface area contributed by atoms with Gasteiger partial charge in [-0.1, -0.05) is 23.8 Å². The predicted molar refractivity (Wildman–Crippen MR) is 97.8 cm³/mol. The summed E-state index contributed by atoms with van der Waals surface area (Å²) in [6.45, 7) is 4.03. The molecule has 2 aromatic carbocycles. The highest BCUT2D eigenvalue weighted by molar-refractivity contribution is 5.80. The molecule has 0 aliphatic rings. The first-order valence-corrected chi connectivity index (χ1v) is 8.10. The van der Waals surface area contributed by atoms with E-state index in [4.69, 9.17) is 4.74 Å². The molecule has 0 saturated carbocycles. The first kappa shape index (κ1) is 16.8. The molecule has 3 rings (SSSR count). The average molecular weight is 336 g/mol. The van der Waals surface area contributed by atoms with Gasteiger partial charge in [0.15, 0.2) is 6.61 Å². The lowest BCUT2D eigenvalue weighted by Gasteiger charge is -2.08. The van der Waals surface area contributed by atoms with Gasteiger partial charge in [0, 0.05) is 17.6 Å². The summed E-state index contributed by atoms with van der Waals surface area (Å²) in [7, 11) is 0. The lowest BCUT2D eigenvalue weighted by atomic mass is 10.1. The van der Waals surface area contributed by atoms with Crippen molar-refractivity contribution in [2.45, 2.75) is 20.4 Å². The van der Waals surface area contributed by atoms with Crippen LogP contribution in [0.25, 0.3) is 10.9 Å². The van der Waals surface area contributed by atoms with Crippen LogP contribution in [0.2, 0.25) is 0 Å². The van der Waals surface area contributed by atoms with Crippen molar-refractivity contribution in [2.24, 2.45) is 0 Å². The predicted octanol–water partition coefficient (Wildman–Crippen LogP) is 2.84. The highest BCUT2D eigenvalue weighted by Crippen LogP contribution is 2.13. The van der Waals surface area contributed by atoms with E-state index in [0.717, 1.165) is 22.0 Å². The summed E-state index contributed by atoms with van der Waals surface area (Å²) in [5.74, 6) is 0.374. The zero-order valence-electron chi connectivity index (χ0n) is 14.3. The lowest BCUT2D eigenvalue weighted by Crippen LogP contribution is -2.30. The fraction of sp³-hybridized carbons (Fsp3) is 0.200. The quantitative estimate of drug-likeness (QED) is 0.752. The van der Waals surface area contributed by atoms with E-state index in [0.29, 0.717) is 11.3 Å². The monoisotopic (exact) mass is 336 g/mol. The lowest BCUT2D eigenvalue weighted by molar-refractivity contribution is -0.123. The van der Waals surface area contributed by atoms with Gasteiger partial charge in [-0.05, 0) is 55.1 Å². The van der Waals surface area contributed by atoms with Crippen molar-refractivity contribution in [2.75, 3.05) is 6.61 Å². The van der Waals surface area contributed by atoms with Gasteiger partial charge in [0.2, 0.25) is 0 Å². The summed E-state index contributed by atoms with van der Waals surface area (Å²) in [5.41, 5.74) is 3.28. The number of rotatable bonds is 5. The second kappa shape index (κ2) is 7.21. The summed E-state index contributed by atoms with van der Waals surface area (Å²) in [5, 5.41) is 3.66. The Hall–Kier alpha value is -3.08. The Balaban J connectivity index is 1.62. The number of aromatic amines is 1. The number of aromatic nitrogens is 1. The standard InChI is InChI=1S/C20H20N2O3/c1-13-4-3-5-17(9-13)25-12-19(23)21-11-16-10-15-8-14(2)6-7-18(15)22-20(16)24/h3-10H,11-12H2,1-2H3,(H,21,23)(H,22,24). The summed E-state index contributed by atoms with van der Waals surface area (Å²) in [6, 6.07) is 15.1. The Bertz CT molecular complexity index is 976. The van der Waals surface area contributed by atoms with E-state index in [1.807, 2.05) is 56.3 Å². The molecule has 0 saturated heterocycles. The minimum Gasteiger partial charge on any atom is -0.484 e. The number of carbonyl (C=O) groups is 1. The Kier molecular flexibility index (Phi) is 4.84. The first-order chi connectivity index (χ1) is 12.0. The van der Waals surface area contributed by atoms with Crippen molar-refractivity contribution in [3.05, 3.63) is 75.6 Å². The van der Waals surface area contributed by atoms with Crippen LogP contribution in [0.4, 0.5) is 0 Å². The highest BCUT2D eigenvalue weighted by atomic mass is 16.5. The number of pyridine rings is 1. The maximum Gasteiger partial charge on any atom is 0.258 e. The molecular weight excluding hydrogens is 316 g/mol. The number of aryl methyl sites for hydroxylation is 2. The fourth-order valence-corrected chi connectivity index (χ4v) is 2.60. The van der Waals surface area contributed by atoms with E-state index >= 15 is 0 Å². The molecule has 1 heterocycles. The molecule has 25 heavy (non-hydrogen) atoms. The fourth-order valence-electron chi connectivity index (χ4n) is 2.60. The molecule has 0 aliphatic heterocycles. The van der Waals surface area contributed by atoms with Gasteiger partial charge in [-0.15, -0.1) is 0 Å². The van der Waals surface area contributed by atoms with Crippen molar-refractivity contribution in [3.63, 3.8) is 0 Å². The SMILES string of the molecule is Cc1cccc(OCC(=O)NCc2cc3cc(C)ccc3[nH]c2=O)c1. The molecule has 5 heteroatoms. The smallest absolute Gasteiger partial charge is 0.258 e. The third-order valence-corrected chi connectivity index (χ3v) is 3.91. The highest BCUT2D eigenvalue weighted by Gasteiger charge is 2.07. The Morgan fingerprint density at radius 3 is 2.68 bits per heavy atom. The number of carbonyl (C=O) groups excluding carboxylic acids is 1. The van der Waals surface area contributed by atoms with Crippen molar-refractivity contribution < 1.29 is 9.53 Å². The van der Waals surface area contributed by atoms with Gasteiger partial charge in [-0.3, -0.25) is 9.59 Å². The number of H-pyrrole nitrogens is 1. The minimum absolute atomic E-state index is 0.0892. The number of hydrogen-bond donors (Lipinski definition) is 2. The van der Waals surface area contributed by atoms with E-state index in [-0.39, 0.29) is 24.6 Å². The van der Waals surface area contributed by atoms with Gasteiger partial charge in [0.25, 0.3) is 11.5 Å². The van der Waals surface area contributed by atoms with Gasteiger partial charge in [0.1, 0.15) is 5.75 Å². The minimum atomic E-state index is -0.273. The molecule has 3 aromatic rings. The van der Waals surface area contributed by atoms with Crippen LogP contribution in [-0.2, 0) is 11.3 Å². The second-order valence-corrected chi connectivity index (χ2v) is 6.10. The molecule has 0 spiro atoms. The normalized spacial score (nSPS) is 10.6. The topological polar surface area (TPSA) is 71.2 Å². The summed E-state index contributed by atoms with van der Waals surface area (Å²) in [4.78, 5) is 26.9. The largest absolute Gasteiger partial charge is 0.484 e. The van der Waals surface area contributed by atoms with Crippen molar-refractivity contribution >= 4 is 16.8 Å². The molecule has 1 amide bonds. The van der Waals surface area contributed by atoms with Crippen molar-refractivity contribution in [3.8, 4) is 5.75 Å². The Labute approximate surface area is 145 Å². The summed E-state index contributed by atoms with van der Waals surface area (Å²) >= 11 is 0. The van der Waals surface area contributed by atoms with E-state index in [1.165, 1.54) is 0 Å². The third kappa shape index (κ3) is 4.26. The number of fused-ring (bicyclic) bond motifs is 1. The van der Waals surface area contributed by atoms with Crippen molar-refractivity contribution in [1.29, 1.82) is 0 Å². The van der Waals surface area contributed by atoms with E-state index in [9.17, 15) is 9.59 Å². The molecular formula is C20H20N2O3. The van der Waals surface area contributed by atoms with Crippen LogP contribution in [0, 0.1) is 13.8 Å². The molecule has 5 nitrogen and oxygen atoms in total. The van der Waals surface area contributed by atoms with Gasteiger partial charge in [0.05, 0.1) is 0 Å². The number of ether oxygens (including phenoxy) is 1. The summed E-state index contributed by atoms with van der Waals surface area (Å²) in [6.07, 6.45) is 0. The second-order valence-electron chi connectivity index (χ2n) is 6.10. The van der Waals surface area contributed by atoms with Gasteiger partial charge < -0.3 is 15.0 Å². The third-order valence-electron chi connectivity index (χ3n) is 3.91. The molecule has 2 N–H and O–H groups in total. The summed E-state index contributed by atoms with van der Waals surface area (Å²) < 4.78 is 5.46. The van der Waals surface area contributed by atoms with Crippen LogP contribution in [-0.4, -0.2) is 17.5 Å². The number of nitrogens with one attached hydrogen (secondary N) is 2. The molecule has 128 valence electrons. The number of benzene rings is 2. The van der Waals surface area contributed by atoms with Crippen LogP contribution < -0.4 is 15.6 Å². The van der Waals surface area contributed by atoms with Crippen LogP contribution in [0.3, 0.4) is 0 Å². The Morgan fingerprint density at radius 1 is 1.08 bits per heavy atom. The van der Waals surface area contributed by atoms with Crippen LogP contribution in [0.1, 0.15) is 16.7 Å². The van der Waals surface area contributed by atoms with Gasteiger partial charge >= 0.3 is 0 Å². The average Bonchev–Trinajstić information content (AvgIpc) is 2.58. The zero-order chi connectivity index (χ0) is 17.8. The number of amides is 1. The first-order valence-electron chi connectivity index (χ1n) is 8.10. The zero-order valence-corrected chi connectivity index (χ0v) is 14.3. The van der Waals surface area contributed by atoms with Crippen LogP contribution in [0.15, 0.2) is 53.3 Å². The van der Waals surface area contributed by atoms with Crippen LogP contribution >= 0.6 is 0 Å². The van der Waals surface area contributed by atoms with E-state index in [2.05, 4.69) is 10.3 Å². The maximum absolute atomic E-state index is 12.1.